The van der Waals surface area contributed by atoms with Crippen LogP contribution in [0, 0.1) is 23.7 Å². The number of carbonyl (C=O) groups excluding carboxylic acids is 2. The highest BCUT2D eigenvalue weighted by molar-refractivity contribution is 5.82. The van der Waals surface area contributed by atoms with Gasteiger partial charge in [-0.15, -0.1) is 0 Å². The van der Waals surface area contributed by atoms with Crippen molar-refractivity contribution in [2.24, 2.45) is 23.7 Å². The second kappa shape index (κ2) is 5.18. The maximum atomic E-state index is 12.2. The van der Waals surface area contributed by atoms with Crippen LogP contribution in [-0.4, -0.2) is 23.6 Å². The second-order valence-electron chi connectivity index (χ2n) is 7.84. The van der Waals surface area contributed by atoms with Gasteiger partial charge in [0.05, 0.1) is 12.0 Å². The van der Waals surface area contributed by atoms with Crippen LogP contribution < -0.4 is 15.7 Å². The molecule has 4 bridgehead atoms. The number of nitrogens with one attached hydrogen (secondary N) is 2. The normalized spacial score (nSPS) is 38.3. The summed E-state index contributed by atoms with van der Waals surface area (Å²) in [5.74, 6) is 0.846. The van der Waals surface area contributed by atoms with Gasteiger partial charge in [-0.25, -0.2) is 4.79 Å². The van der Waals surface area contributed by atoms with Gasteiger partial charge in [0.15, 0.2) is 0 Å². The van der Waals surface area contributed by atoms with Crippen molar-refractivity contribution in [2.45, 2.75) is 64.0 Å². The molecule has 0 aliphatic heterocycles. The Bertz CT molecular complexity index is 412. The van der Waals surface area contributed by atoms with Crippen molar-refractivity contribution >= 4 is 12.0 Å². The zero-order valence-corrected chi connectivity index (χ0v) is 12.9. The lowest BCUT2D eigenvalue weighted by Crippen LogP contribution is -2.63. The molecular formula is C16H25N2O3-. The summed E-state index contributed by atoms with van der Waals surface area (Å²) in [4.78, 5) is 23.3. The largest absolute Gasteiger partial charge is 0.548 e. The van der Waals surface area contributed by atoms with E-state index in [4.69, 9.17) is 0 Å². The molecule has 4 fully saturated rings. The number of amides is 2. The maximum absolute atomic E-state index is 12.2. The predicted molar refractivity (Wildman–Crippen MR) is 76.2 cm³/mol. The average molecular weight is 293 g/mol. The summed E-state index contributed by atoms with van der Waals surface area (Å²) < 4.78 is 0. The molecule has 0 saturated heterocycles. The van der Waals surface area contributed by atoms with Crippen LogP contribution in [0.25, 0.3) is 0 Å². The van der Waals surface area contributed by atoms with E-state index < -0.39 is 12.0 Å². The number of carbonyl (C=O) groups is 2. The molecular weight excluding hydrogens is 268 g/mol. The van der Waals surface area contributed by atoms with Gasteiger partial charge < -0.3 is 20.5 Å². The van der Waals surface area contributed by atoms with E-state index in [1.807, 2.05) is 0 Å². The first kappa shape index (κ1) is 14.7. The first-order valence-corrected chi connectivity index (χ1v) is 8.16. The third-order valence-electron chi connectivity index (χ3n) is 5.62. The van der Waals surface area contributed by atoms with Crippen LogP contribution >= 0.6 is 0 Å². The van der Waals surface area contributed by atoms with Gasteiger partial charge in [0.2, 0.25) is 0 Å². The van der Waals surface area contributed by atoms with Crippen molar-refractivity contribution in [1.82, 2.24) is 10.6 Å². The lowest BCUT2D eigenvalue weighted by atomic mass is 9.53. The Morgan fingerprint density at radius 3 is 1.90 bits per heavy atom. The highest BCUT2D eigenvalue weighted by atomic mass is 16.4. The zero-order valence-electron chi connectivity index (χ0n) is 12.9. The second-order valence-corrected chi connectivity index (χ2v) is 7.84. The van der Waals surface area contributed by atoms with E-state index in [0.29, 0.717) is 0 Å². The Morgan fingerprint density at radius 2 is 1.52 bits per heavy atom. The highest BCUT2D eigenvalue weighted by Crippen LogP contribution is 2.55. The molecule has 4 aliphatic carbocycles. The van der Waals surface area contributed by atoms with Crippen LogP contribution in [0.15, 0.2) is 0 Å². The standard InChI is InChI=1S/C16H26N2O3/c1-9(2)13(14(19)20)17-15(21)18-16-6-10-3-11(7-16)5-12(4-10)8-16/h9-13H,3-8H2,1-2H3,(H,19,20)(H2,17,18,21)/p-1/t10?,11?,12?,13-,16?/m1/s1. The molecule has 0 heterocycles. The zero-order chi connectivity index (χ0) is 15.2. The summed E-state index contributed by atoms with van der Waals surface area (Å²) in [6.07, 6.45) is 7.13. The summed E-state index contributed by atoms with van der Waals surface area (Å²) >= 11 is 0. The first-order valence-electron chi connectivity index (χ1n) is 8.16. The molecule has 4 aliphatic rings. The Balaban J connectivity index is 1.63. The van der Waals surface area contributed by atoms with E-state index >= 15 is 0 Å². The van der Waals surface area contributed by atoms with Crippen LogP contribution in [-0.2, 0) is 4.79 Å². The number of carboxylic acid groups (broad SMARTS) is 1. The summed E-state index contributed by atoms with van der Waals surface area (Å²) in [7, 11) is 0. The SMILES string of the molecule is CC(C)[C@@H](NC(=O)NC12CC3CC(CC(C3)C1)C2)C(=O)[O-]. The van der Waals surface area contributed by atoms with Gasteiger partial charge in [0.25, 0.3) is 0 Å². The molecule has 5 heteroatoms. The third kappa shape index (κ3) is 2.87. The number of aliphatic carboxylic acids is 1. The fourth-order valence-corrected chi connectivity index (χ4v) is 5.18. The Labute approximate surface area is 125 Å². The van der Waals surface area contributed by atoms with Crippen molar-refractivity contribution in [1.29, 1.82) is 0 Å². The molecule has 0 radical (unpaired) electrons. The monoisotopic (exact) mass is 293 g/mol. The average Bonchev–Trinajstić information content (AvgIpc) is 2.32. The summed E-state index contributed by atoms with van der Waals surface area (Å²) in [5.41, 5.74) is -0.0910. The van der Waals surface area contributed by atoms with Gasteiger partial charge in [0, 0.05) is 5.54 Å². The Hall–Kier alpha value is -1.26. The van der Waals surface area contributed by atoms with Crippen molar-refractivity contribution in [3.8, 4) is 0 Å². The van der Waals surface area contributed by atoms with E-state index in [1.54, 1.807) is 13.8 Å². The van der Waals surface area contributed by atoms with Gasteiger partial charge in [-0.05, 0) is 62.2 Å². The van der Waals surface area contributed by atoms with Crippen LogP contribution in [0.2, 0.25) is 0 Å². The molecule has 0 unspecified atom stereocenters. The molecule has 21 heavy (non-hydrogen) atoms. The summed E-state index contributed by atoms with van der Waals surface area (Å²) in [5, 5.41) is 16.8. The fourth-order valence-electron chi connectivity index (χ4n) is 5.18. The van der Waals surface area contributed by atoms with Crippen LogP contribution in [0.3, 0.4) is 0 Å². The number of hydrogen-bond acceptors (Lipinski definition) is 3. The van der Waals surface area contributed by atoms with Crippen LogP contribution in [0.5, 0.6) is 0 Å². The molecule has 5 nitrogen and oxygen atoms in total. The minimum absolute atomic E-state index is 0.0910. The molecule has 2 amide bonds. The molecule has 1 atom stereocenters. The van der Waals surface area contributed by atoms with Crippen molar-refractivity contribution in [3.05, 3.63) is 0 Å². The fraction of sp³-hybridized carbons (Fsp3) is 0.875. The van der Waals surface area contributed by atoms with Gasteiger partial charge in [0.1, 0.15) is 0 Å². The van der Waals surface area contributed by atoms with Crippen molar-refractivity contribution in [2.75, 3.05) is 0 Å². The van der Waals surface area contributed by atoms with E-state index in [9.17, 15) is 14.7 Å². The molecule has 4 rings (SSSR count). The summed E-state index contributed by atoms with van der Waals surface area (Å²) in [6, 6.07) is -1.28. The molecule has 0 aromatic heterocycles. The number of rotatable bonds is 4. The van der Waals surface area contributed by atoms with Gasteiger partial charge in [-0.3, -0.25) is 0 Å². The number of urea groups is 1. The smallest absolute Gasteiger partial charge is 0.315 e. The van der Waals surface area contributed by atoms with Crippen LogP contribution in [0.1, 0.15) is 52.4 Å². The predicted octanol–water partition coefficient (Wildman–Crippen LogP) is 1.03. The molecule has 0 aromatic carbocycles. The quantitative estimate of drug-likeness (QED) is 0.812. The van der Waals surface area contributed by atoms with E-state index in [-0.39, 0.29) is 17.5 Å². The van der Waals surface area contributed by atoms with E-state index in [0.717, 1.165) is 37.0 Å². The third-order valence-corrected chi connectivity index (χ3v) is 5.62. The topological polar surface area (TPSA) is 81.3 Å². The number of hydrogen-bond donors (Lipinski definition) is 2. The minimum Gasteiger partial charge on any atom is -0.548 e. The molecule has 118 valence electrons. The Morgan fingerprint density at radius 1 is 1.05 bits per heavy atom. The van der Waals surface area contributed by atoms with E-state index in [1.165, 1.54) is 19.3 Å². The van der Waals surface area contributed by atoms with Crippen molar-refractivity contribution in [3.63, 3.8) is 0 Å². The lowest BCUT2D eigenvalue weighted by molar-refractivity contribution is -0.309. The molecule has 2 N–H and O–H groups in total. The molecule has 0 spiro atoms. The van der Waals surface area contributed by atoms with E-state index in [2.05, 4.69) is 10.6 Å². The maximum Gasteiger partial charge on any atom is 0.315 e. The Kier molecular flexibility index (Phi) is 3.62. The van der Waals surface area contributed by atoms with Crippen LogP contribution in [0.4, 0.5) is 4.79 Å². The molecule has 4 saturated carbocycles. The van der Waals surface area contributed by atoms with Crippen molar-refractivity contribution < 1.29 is 14.7 Å². The lowest BCUT2D eigenvalue weighted by Gasteiger charge is -2.56. The van der Waals surface area contributed by atoms with Gasteiger partial charge in [-0.1, -0.05) is 13.8 Å². The highest BCUT2D eigenvalue weighted by Gasteiger charge is 2.51. The van der Waals surface area contributed by atoms with Gasteiger partial charge in [-0.2, -0.15) is 0 Å². The first-order chi connectivity index (χ1) is 9.87. The number of carboxylic acids is 1. The van der Waals surface area contributed by atoms with Gasteiger partial charge >= 0.3 is 6.03 Å². The molecule has 0 aromatic rings. The summed E-state index contributed by atoms with van der Waals surface area (Å²) in [6.45, 7) is 3.54. The minimum atomic E-state index is -1.22.